The number of benzene rings is 2. The van der Waals surface area contributed by atoms with Crippen LogP contribution in [0.5, 0.6) is 0 Å². The molecule has 0 aliphatic rings. The molecular formula is C17H20O2. The van der Waals surface area contributed by atoms with Crippen molar-refractivity contribution >= 4 is 0 Å². The highest BCUT2D eigenvalue weighted by Gasteiger charge is 2.35. The van der Waals surface area contributed by atoms with Crippen LogP contribution in [0.2, 0.25) is 0 Å². The van der Waals surface area contributed by atoms with Crippen molar-refractivity contribution in [2.24, 2.45) is 0 Å². The Hall–Kier alpha value is -1.64. The summed E-state index contributed by atoms with van der Waals surface area (Å²) in [4.78, 5) is 0. The molecule has 0 bridgehead atoms. The molecule has 0 aromatic heterocycles. The molecule has 19 heavy (non-hydrogen) atoms. The van der Waals surface area contributed by atoms with Gasteiger partial charge in [0.25, 0.3) is 0 Å². The molecule has 2 aromatic carbocycles. The molecule has 2 nitrogen and oxygen atoms in total. The summed E-state index contributed by atoms with van der Waals surface area (Å²) in [5.41, 5.74) is 1.43. The first-order valence-electron chi connectivity index (χ1n) is 6.58. The molecule has 0 radical (unpaired) electrons. The monoisotopic (exact) mass is 256 g/mol. The summed E-state index contributed by atoms with van der Waals surface area (Å²) in [5, 5.41) is 20.1. The average molecular weight is 256 g/mol. The largest absolute Gasteiger partial charge is 0.396 e. The normalized spacial score (nSPS) is 15.7. The van der Waals surface area contributed by atoms with Gasteiger partial charge in [-0.1, -0.05) is 67.6 Å². The smallest absolute Gasteiger partial charge is 0.0884 e. The number of aliphatic hydroxyl groups excluding tert-OH is 2. The molecule has 2 aromatic rings. The van der Waals surface area contributed by atoms with Crippen molar-refractivity contribution in [1.29, 1.82) is 0 Å². The number of aliphatic hydroxyl groups is 2. The first-order chi connectivity index (χ1) is 9.18. The van der Waals surface area contributed by atoms with Gasteiger partial charge in [-0.15, -0.1) is 0 Å². The number of hydrogen-bond acceptors (Lipinski definition) is 2. The van der Waals surface area contributed by atoms with Gasteiger partial charge in [0.05, 0.1) is 6.10 Å². The lowest BCUT2D eigenvalue weighted by Crippen LogP contribution is -2.31. The molecule has 2 atom stereocenters. The predicted octanol–water partition coefficient (Wildman–Crippen LogP) is 3.06. The van der Waals surface area contributed by atoms with E-state index in [9.17, 15) is 10.2 Å². The van der Waals surface area contributed by atoms with Crippen LogP contribution in [0.1, 0.15) is 30.6 Å². The highest BCUT2D eigenvalue weighted by atomic mass is 16.3. The molecule has 2 N–H and O–H groups in total. The van der Waals surface area contributed by atoms with Crippen LogP contribution in [0.25, 0.3) is 0 Å². The minimum Gasteiger partial charge on any atom is -0.396 e. The highest BCUT2D eigenvalue weighted by molar-refractivity contribution is 5.31. The molecule has 0 saturated carbocycles. The van der Waals surface area contributed by atoms with Crippen LogP contribution in [0.4, 0.5) is 0 Å². The van der Waals surface area contributed by atoms with Crippen molar-refractivity contribution in [3.05, 3.63) is 71.8 Å². The third kappa shape index (κ3) is 2.86. The third-order valence-corrected chi connectivity index (χ3v) is 3.78. The second-order valence-corrected chi connectivity index (χ2v) is 5.07. The van der Waals surface area contributed by atoms with Gasteiger partial charge in [0.1, 0.15) is 0 Å². The SMILES string of the molecule is C[C@](CCO)(c1ccccc1)[C@@H](O)c1ccccc1. The minimum atomic E-state index is -0.636. The van der Waals surface area contributed by atoms with Crippen LogP contribution in [0, 0.1) is 0 Å². The summed E-state index contributed by atoms with van der Waals surface area (Å²) >= 11 is 0. The maximum absolute atomic E-state index is 10.7. The van der Waals surface area contributed by atoms with Gasteiger partial charge in [-0.25, -0.2) is 0 Å². The Morgan fingerprint density at radius 2 is 1.47 bits per heavy atom. The Labute approximate surface area is 114 Å². The molecule has 0 heterocycles. The summed E-state index contributed by atoms with van der Waals surface area (Å²) in [6, 6.07) is 19.5. The molecule has 2 rings (SSSR count). The first kappa shape index (κ1) is 13.8. The molecule has 100 valence electrons. The maximum atomic E-state index is 10.7. The molecule has 0 unspecified atom stereocenters. The van der Waals surface area contributed by atoms with E-state index in [0.717, 1.165) is 11.1 Å². The second kappa shape index (κ2) is 6.00. The summed E-state index contributed by atoms with van der Waals surface area (Å²) in [6.45, 7) is 2.05. The zero-order valence-corrected chi connectivity index (χ0v) is 11.2. The maximum Gasteiger partial charge on any atom is 0.0884 e. The number of rotatable bonds is 5. The fraction of sp³-hybridized carbons (Fsp3) is 0.294. The van der Waals surface area contributed by atoms with E-state index in [4.69, 9.17) is 0 Å². The average Bonchev–Trinajstić information content (AvgIpc) is 2.48. The van der Waals surface area contributed by atoms with Crippen molar-refractivity contribution < 1.29 is 10.2 Å². The van der Waals surface area contributed by atoms with Gasteiger partial charge in [-0.05, 0) is 17.5 Å². The topological polar surface area (TPSA) is 40.5 Å². The van der Waals surface area contributed by atoms with Crippen LogP contribution in [-0.2, 0) is 5.41 Å². The van der Waals surface area contributed by atoms with E-state index in [1.54, 1.807) is 0 Å². The minimum absolute atomic E-state index is 0.0509. The zero-order chi connectivity index (χ0) is 13.7. The van der Waals surface area contributed by atoms with Gasteiger partial charge in [0.2, 0.25) is 0 Å². The summed E-state index contributed by atoms with van der Waals surface area (Å²) in [5.74, 6) is 0. The van der Waals surface area contributed by atoms with E-state index in [-0.39, 0.29) is 6.61 Å². The Morgan fingerprint density at radius 1 is 0.947 bits per heavy atom. The molecular weight excluding hydrogens is 236 g/mol. The molecule has 0 amide bonds. The van der Waals surface area contributed by atoms with Gasteiger partial charge in [-0.2, -0.15) is 0 Å². The summed E-state index contributed by atoms with van der Waals surface area (Å²) in [7, 11) is 0. The van der Waals surface area contributed by atoms with Crippen molar-refractivity contribution in [2.45, 2.75) is 24.9 Å². The molecule has 0 fully saturated rings. The van der Waals surface area contributed by atoms with E-state index in [1.165, 1.54) is 0 Å². The van der Waals surface area contributed by atoms with Gasteiger partial charge < -0.3 is 10.2 Å². The molecule has 0 saturated heterocycles. The zero-order valence-electron chi connectivity index (χ0n) is 11.2. The van der Waals surface area contributed by atoms with Gasteiger partial charge in [0, 0.05) is 12.0 Å². The fourth-order valence-electron chi connectivity index (χ4n) is 2.49. The van der Waals surface area contributed by atoms with E-state index in [2.05, 4.69) is 0 Å². The van der Waals surface area contributed by atoms with E-state index < -0.39 is 11.5 Å². The van der Waals surface area contributed by atoms with Crippen molar-refractivity contribution in [3.63, 3.8) is 0 Å². The lowest BCUT2D eigenvalue weighted by molar-refractivity contribution is 0.0706. The van der Waals surface area contributed by atoms with Crippen LogP contribution < -0.4 is 0 Å². The quantitative estimate of drug-likeness (QED) is 0.863. The Kier molecular flexibility index (Phi) is 4.35. The lowest BCUT2D eigenvalue weighted by Gasteiger charge is -2.35. The standard InChI is InChI=1S/C17H20O2/c1-17(12-13-18,15-10-6-3-7-11-15)16(19)14-8-4-2-5-9-14/h2-11,16,18-19H,12-13H2,1H3/t16-,17-/m0/s1. The Morgan fingerprint density at radius 3 is 2.00 bits per heavy atom. The van der Waals surface area contributed by atoms with Crippen LogP contribution in [-0.4, -0.2) is 16.8 Å². The van der Waals surface area contributed by atoms with Crippen LogP contribution in [0.3, 0.4) is 0 Å². The Bertz CT molecular complexity index is 495. The number of hydrogen-bond donors (Lipinski definition) is 2. The van der Waals surface area contributed by atoms with E-state index in [1.807, 2.05) is 67.6 Å². The van der Waals surface area contributed by atoms with Gasteiger partial charge in [0.15, 0.2) is 0 Å². The van der Waals surface area contributed by atoms with Crippen LogP contribution in [0.15, 0.2) is 60.7 Å². The fourth-order valence-corrected chi connectivity index (χ4v) is 2.49. The first-order valence-corrected chi connectivity index (χ1v) is 6.58. The molecule has 0 aliphatic carbocycles. The highest BCUT2D eigenvalue weighted by Crippen LogP contribution is 2.39. The van der Waals surface area contributed by atoms with Gasteiger partial charge in [-0.3, -0.25) is 0 Å². The second-order valence-electron chi connectivity index (χ2n) is 5.07. The van der Waals surface area contributed by atoms with E-state index in [0.29, 0.717) is 6.42 Å². The van der Waals surface area contributed by atoms with Crippen LogP contribution >= 0.6 is 0 Å². The summed E-state index contributed by atoms with van der Waals surface area (Å²) < 4.78 is 0. The van der Waals surface area contributed by atoms with Crippen molar-refractivity contribution in [3.8, 4) is 0 Å². The van der Waals surface area contributed by atoms with Gasteiger partial charge >= 0.3 is 0 Å². The van der Waals surface area contributed by atoms with E-state index >= 15 is 0 Å². The molecule has 0 aliphatic heterocycles. The Balaban J connectivity index is 2.40. The molecule has 2 heteroatoms. The lowest BCUT2D eigenvalue weighted by atomic mass is 9.73. The predicted molar refractivity (Wildman–Crippen MR) is 76.9 cm³/mol. The van der Waals surface area contributed by atoms with Crippen molar-refractivity contribution in [1.82, 2.24) is 0 Å². The van der Waals surface area contributed by atoms with Crippen molar-refractivity contribution in [2.75, 3.05) is 6.61 Å². The summed E-state index contributed by atoms with van der Waals surface area (Å²) in [6.07, 6.45) is -0.115. The molecule has 0 spiro atoms. The third-order valence-electron chi connectivity index (χ3n) is 3.78.